The number of aliphatic hydroxyl groups is 2. The van der Waals surface area contributed by atoms with Gasteiger partial charge < -0.3 is 29.7 Å². The van der Waals surface area contributed by atoms with Crippen molar-refractivity contribution in [2.24, 2.45) is 5.41 Å². The molecule has 1 unspecified atom stereocenters. The molecule has 64 heavy (non-hydrogen) atoms. The van der Waals surface area contributed by atoms with Crippen LogP contribution in [0.15, 0.2) is 0 Å². The molecule has 11 heteroatoms. The third-order valence-corrected chi connectivity index (χ3v) is 12.5. The molecule has 0 aromatic heterocycles. The Morgan fingerprint density at radius 3 is 1.42 bits per heavy atom. The maximum atomic E-state index is 12.9. The lowest BCUT2D eigenvalue weighted by Crippen LogP contribution is -2.46. The number of nitrogens with zero attached hydrogens (tertiary/aromatic N) is 1. The van der Waals surface area contributed by atoms with Crippen LogP contribution in [0.3, 0.4) is 0 Å². The van der Waals surface area contributed by atoms with Crippen LogP contribution in [0.4, 0.5) is 0 Å². The molecule has 0 aliphatic rings. The highest BCUT2D eigenvalue weighted by atomic mass is 16.5. The number of carbonyl (C=O) groups is 4. The first-order valence-corrected chi connectivity index (χ1v) is 26.8. The number of hydrogen-bond donors (Lipinski definition) is 3. The van der Waals surface area contributed by atoms with Crippen molar-refractivity contribution >= 4 is 23.8 Å². The third-order valence-electron chi connectivity index (χ3n) is 12.5. The zero-order valence-electron chi connectivity index (χ0n) is 42.3. The summed E-state index contributed by atoms with van der Waals surface area (Å²) in [5.41, 5.74) is -0.985. The quantitative estimate of drug-likeness (QED) is 0.0306. The number of nitrogens with one attached hydrogen (secondary N) is 1. The van der Waals surface area contributed by atoms with Crippen LogP contribution in [0.25, 0.3) is 0 Å². The Balaban J connectivity index is 4.70. The first-order valence-electron chi connectivity index (χ1n) is 26.8. The van der Waals surface area contributed by atoms with Gasteiger partial charge in [-0.05, 0) is 70.9 Å². The summed E-state index contributed by atoms with van der Waals surface area (Å²) in [7, 11) is 0. The predicted octanol–water partition coefficient (Wildman–Crippen LogP) is 12.1. The standard InChI is InChI=1S/C53H102N2O9/c1-6-9-12-15-18-19-20-26-34-44-62-48(57)37-31-27-33-42-55(43-45-63-49(58)39-40-54-52(61)51(60)53(4,5)46-56)41-32-25-21-24-30-38-50(59)64-47(35-28-22-16-13-10-7-2)36-29-23-17-14-11-8-3/h47,51,56,60H,6-46H2,1-5H3,(H,54,61). The van der Waals surface area contributed by atoms with Gasteiger partial charge >= 0.3 is 17.9 Å². The molecule has 0 aliphatic carbocycles. The van der Waals surface area contributed by atoms with E-state index in [1.165, 1.54) is 109 Å². The Morgan fingerprint density at radius 2 is 0.906 bits per heavy atom. The average molecular weight is 911 g/mol. The van der Waals surface area contributed by atoms with Crippen LogP contribution in [0.2, 0.25) is 0 Å². The fourth-order valence-electron chi connectivity index (χ4n) is 7.92. The Bertz CT molecular complexity index is 1090. The molecule has 0 bridgehead atoms. The normalized spacial score (nSPS) is 12.2. The molecule has 0 spiro atoms. The second-order valence-electron chi connectivity index (χ2n) is 19.3. The molecule has 3 N–H and O–H groups in total. The summed E-state index contributed by atoms with van der Waals surface area (Å²) < 4.78 is 17.0. The first kappa shape index (κ1) is 61.8. The Kier molecular flexibility index (Phi) is 43.0. The fourth-order valence-corrected chi connectivity index (χ4v) is 7.92. The number of aliphatic hydroxyl groups excluding tert-OH is 2. The molecule has 0 rings (SSSR count). The van der Waals surface area contributed by atoms with Gasteiger partial charge in [-0.15, -0.1) is 0 Å². The van der Waals surface area contributed by atoms with Crippen LogP contribution in [0, 0.1) is 5.41 Å². The second-order valence-corrected chi connectivity index (χ2v) is 19.3. The Morgan fingerprint density at radius 1 is 0.500 bits per heavy atom. The smallest absolute Gasteiger partial charge is 0.307 e. The number of carbonyl (C=O) groups excluding carboxylic acids is 4. The van der Waals surface area contributed by atoms with Gasteiger partial charge in [-0.1, -0.05) is 176 Å². The minimum absolute atomic E-state index is 0.0142. The molecule has 0 radical (unpaired) electrons. The molecule has 0 heterocycles. The van der Waals surface area contributed by atoms with Gasteiger partial charge in [0.15, 0.2) is 0 Å². The summed E-state index contributed by atoms with van der Waals surface area (Å²) in [5, 5.41) is 22.2. The summed E-state index contributed by atoms with van der Waals surface area (Å²) >= 11 is 0. The third kappa shape index (κ3) is 39.0. The SMILES string of the molecule is CCCCCCCCCCCOC(=O)CCCCCN(CCCCCCCC(=O)OC(CCCCCCCC)CCCCCCCC)CCOC(=O)CCNC(=O)C(O)C(C)(C)CO. The zero-order chi connectivity index (χ0) is 47.4. The van der Waals surface area contributed by atoms with Gasteiger partial charge in [-0.3, -0.25) is 24.1 Å². The lowest BCUT2D eigenvalue weighted by atomic mass is 9.87. The Hall–Kier alpha value is -2.24. The minimum atomic E-state index is -1.38. The number of rotatable bonds is 48. The number of hydrogen-bond acceptors (Lipinski definition) is 10. The van der Waals surface area contributed by atoms with Gasteiger partial charge in [0.2, 0.25) is 5.91 Å². The minimum Gasteiger partial charge on any atom is -0.466 e. The van der Waals surface area contributed by atoms with Crippen molar-refractivity contribution in [1.29, 1.82) is 0 Å². The molecule has 1 amide bonds. The highest BCUT2D eigenvalue weighted by Crippen LogP contribution is 2.20. The highest BCUT2D eigenvalue weighted by Gasteiger charge is 2.32. The van der Waals surface area contributed by atoms with E-state index in [1.54, 1.807) is 13.8 Å². The van der Waals surface area contributed by atoms with Crippen LogP contribution in [0.1, 0.15) is 253 Å². The monoisotopic (exact) mass is 911 g/mol. The summed E-state index contributed by atoms with van der Waals surface area (Å²) in [6.45, 7) is 12.7. The van der Waals surface area contributed by atoms with E-state index < -0.39 is 23.4 Å². The fraction of sp³-hybridized carbons (Fsp3) is 0.925. The summed E-state index contributed by atoms with van der Waals surface area (Å²) in [5.74, 6) is -1.20. The summed E-state index contributed by atoms with van der Waals surface area (Å²) in [4.78, 5) is 52.2. The van der Waals surface area contributed by atoms with E-state index in [-0.39, 0.29) is 44.2 Å². The summed E-state index contributed by atoms with van der Waals surface area (Å²) in [6, 6.07) is 0. The van der Waals surface area contributed by atoms with Crippen LogP contribution in [-0.4, -0.2) is 97.1 Å². The zero-order valence-corrected chi connectivity index (χ0v) is 42.3. The number of ether oxygens (including phenoxy) is 3. The van der Waals surface area contributed by atoms with Crippen LogP contribution < -0.4 is 5.32 Å². The first-order chi connectivity index (χ1) is 31.0. The van der Waals surface area contributed by atoms with Crippen LogP contribution in [-0.2, 0) is 33.4 Å². The topological polar surface area (TPSA) is 152 Å². The van der Waals surface area contributed by atoms with Gasteiger partial charge in [0.25, 0.3) is 0 Å². The lowest BCUT2D eigenvalue weighted by Gasteiger charge is -2.27. The maximum Gasteiger partial charge on any atom is 0.307 e. The predicted molar refractivity (Wildman–Crippen MR) is 262 cm³/mol. The molecular weight excluding hydrogens is 809 g/mol. The van der Waals surface area contributed by atoms with Gasteiger partial charge in [0.05, 0.1) is 19.6 Å². The Labute approximate surface area is 393 Å². The van der Waals surface area contributed by atoms with Crippen molar-refractivity contribution < 1.29 is 43.6 Å². The van der Waals surface area contributed by atoms with E-state index in [0.717, 1.165) is 103 Å². The number of unbranched alkanes of at least 4 members (excludes halogenated alkanes) is 24. The molecule has 11 nitrogen and oxygen atoms in total. The van der Waals surface area contributed by atoms with Crippen molar-refractivity contribution in [2.75, 3.05) is 46.0 Å². The van der Waals surface area contributed by atoms with Gasteiger partial charge in [-0.25, -0.2) is 0 Å². The van der Waals surface area contributed by atoms with E-state index >= 15 is 0 Å². The van der Waals surface area contributed by atoms with Crippen molar-refractivity contribution in [1.82, 2.24) is 10.2 Å². The molecular formula is C53H102N2O9. The number of esters is 3. The van der Waals surface area contributed by atoms with Gasteiger partial charge in [-0.2, -0.15) is 0 Å². The molecule has 378 valence electrons. The van der Waals surface area contributed by atoms with Crippen molar-refractivity contribution in [3.8, 4) is 0 Å². The highest BCUT2D eigenvalue weighted by molar-refractivity contribution is 5.82. The van der Waals surface area contributed by atoms with E-state index in [2.05, 4.69) is 31.0 Å². The number of amides is 1. The van der Waals surface area contributed by atoms with Gasteiger partial charge in [0.1, 0.15) is 18.8 Å². The second kappa shape index (κ2) is 44.6. The van der Waals surface area contributed by atoms with Crippen molar-refractivity contribution in [3.05, 3.63) is 0 Å². The van der Waals surface area contributed by atoms with Crippen LogP contribution >= 0.6 is 0 Å². The molecule has 0 fully saturated rings. The summed E-state index contributed by atoms with van der Waals surface area (Å²) in [6.07, 6.45) is 35.2. The molecule has 0 saturated heterocycles. The maximum absolute atomic E-state index is 12.9. The van der Waals surface area contributed by atoms with E-state index in [9.17, 15) is 29.4 Å². The van der Waals surface area contributed by atoms with E-state index in [4.69, 9.17) is 14.2 Å². The molecule has 1 atom stereocenters. The average Bonchev–Trinajstić information content (AvgIpc) is 3.28. The van der Waals surface area contributed by atoms with Gasteiger partial charge in [0, 0.05) is 31.3 Å². The van der Waals surface area contributed by atoms with E-state index in [1.807, 2.05) is 0 Å². The van der Waals surface area contributed by atoms with Crippen LogP contribution in [0.5, 0.6) is 0 Å². The van der Waals surface area contributed by atoms with Crippen molar-refractivity contribution in [3.63, 3.8) is 0 Å². The molecule has 0 aromatic rings. The molecule has 0 aliphatic heterocycles. The largest absolute Gasteiger partial charge is 0.466 e. The van der Waals surface area contributed by atoms with E-state index in [0.29, 0.717) is 26.0 Å². The lowest BCUT2D eigenvalue weighted by molar-refractivity contribution is -0.150. The molecule has 0 saturated carbocycles. The van der Waals surface area contributed by atoms with Crippen molar-refractivity contribution in [2.45, 2.75) is 265 Å². The molecule has 0 aromatic carbocycles.